The molecule has 2 rings (SSSR count). The van der Waals surface area contributed by atoms with Gasteiger partial charge in [0, 0.05) is 22.0 Å². The second-order valence-corrected chi connectivity index (χ2v) is 4.87. The summed E-state index contributed by atoms with van der Waals surface area (Å²) in [5.74, 6) is -0.964. The number of carboxylic acid groups (broad SMARTS) is 1. The minimum atomic E-state index is -0.964. The van der Waals surface area contributed by atoms with Gasteiger partial charge >= 0.3 is 11.7 Å². The maximum absolute atomic E-state index is 12.1. The average molecular weight is 293 g/mol. The molecule has 0 bridgehead atoms. The van der Waals surface area contributed by atoms with E-state index in [1.165, 1.54) is 4.57 Å². The number of hydrogen-bond acceptors (Lipinski definition) is 3. The largest absolute Gasteiger partial charge is 0.481 e. The zero-order valence-electron chi connectivity index (χ0n) is 11.1. The van der Waals surface area contributed by atoms with Crippen molar-refractivity contribution in [2.45, 2.75) is 20.3 Å². The summed E-state index contributed by atoms with van der Waals surface area (Å²) in [4.78, 5) is 26.9. The van der Waals surface area contributed by atoms with E-state index in [9.17, 15) is 9.59 Å². The van der Waals surface area contributed by atoms with Crippen molar-refractivity contribution in [1.82, 2.24) is 9.55 Å². The van der Waals surface area contributed by atoms with Gasteiger partial charge in [-0.2, -0.15) is 4.98 Å². The molecule has 2 aromatic rings. The van der Waals surface area contributed by atoms with Gasteiger partial charge in [0.1, 0.15) is 0 Å². The lowest BCUT2D eigenvalue weighted by molar-refractivity contribution is -0.136. The quantitative estimate of drug-likeness (QED) is 0.940. The van der Waals surface area contributed by atoms with Gasteiger partial charge in [-0.3, -0.25) is 9.36 Å². The predicted molar refractivity (Wildman–Crippen MR) is 75.7 cm³/mol. The van der Waals surface area contributed by atoms with Gasteiger partial charge in [-0.25, -0.2) is 4.79 Å². The molecule has 1 N–H and O–H groups in total. The third-order valence-corrected chi connectivity index (χ3v) is 3.29. The van der Waals surface area contributed by atoms with Gasteiger partial charge in [-0.1, -0.05) is 17.7 Å². The summed E-state index contributed by atoms with van der Waals surface area (Å²) >= 11 is 5.92. The first-order valence-corrected chi connectivity index (χ1v) is 6.35. The van der Waals surface area contributed by atoms with Crippen molar-refractivity contribution in [3.05, 3.63) is 56.7 Å². The number of carboxylic acids is 1. The number of nitrogens with zero attached hydrogens (tertiary/aromatic N) is 2. The van der Waals surface area contributed by atoms with E-state index in [0.29, 0.717) is 27.7 Å². The highest BCUT2D eigenvalue weighted by Crippen LogP contribution is 2.18. The van der Waals surface area contributed by atoms with E-state index in [-0.39, 0.29) is 6.42 Å². The summed E-state index contributed by atoms with van der Waals surface area (Å²) < 4.78 is 1.37. The smallest absolute Gasteiger partial charge is 0.352 e. The molecule has 0 fully saturated rings. The topological polar surface area (TPSA) is 72.2 Å². The van der Waals surface area contributed by atoms with E-state index in [1.807, 2.05) is 0 Å². The second kappa shape index (κ2) is 5.46. The summed E-state index contributed by atoms with van der Waals surface area (Å²) in [6.45, 7) is 3.34. The number of hydrogen-bond donors (Lipinski definition) is 1. The van der Waals surface area contributed by atoms with E-state index < -0.39 is 11.7 Å². The molecule has 0 unspecified atom stereocenters. The lowest BCUT2D eigenvalue weighted by Crippen LogP contribution is -2.27. The van der Waals surface area contributed by atoms with Crippen molar-refractivity contribution in [1.29, 1.82) is 0 Å². The fourth-order valence-corrected chi connectivity index (χ4v) is 2.31. The molecule has 20 heavy (non-hydrogen) atoms. The molecule has 1 aromatic heterocycles. The van der Waals surface area contributed by atoms with Crippen molar-refractivity contribution in [3.8, 4) is 5.69 Å². The summed E-state index contributed by atoms with van der Waals surface area (Å²) in [6.07, 6.45) is -0.175. The Hall–Kier alpha value is -2.14. The number of benzene rings is 1. The Morgan fingerprint density at radius 2 is 2.10 bits per heavy atom. The van der Waals surface area contributed by atoms with Crippen molar-refractivity contribution >= 4 is 17.6 Å². The molecule has 6 heteroatoms. The molecule has 0 radical (unpaired) electrons. The van der Waals surface area contributed by atoms with Gasteiger partial charge in [0.15, 0.2) is 0 Å². The summed E-state index contributed by atoms with van der Waals surface area (Å²) in [6, 6.07) is 6.78. The molecule has 0 saturated carbocycles. The first-order valence-electron chi connectivity index (χ1n) is 5.97. The predicted octanol–water partition coefficient (Wildman–Crippen LogP) is 2.13. The number of aliphatic carboxylic acids is 1. The highest BCUT2D eigenvalue weighted by Gasteiger charge is 2.15. The Bertz CT molecular complexity index is 738. The number of aryl methyl sites for hydroxylation is 1. The zero-order chi connectivity index (χ0) is 14.9. The lowest BCUT2D eigenvalue weighted by Gasteiger charge is -2.14. The molecular weight excluding hydrogens is 280 g/mol. The molecule has 1 aromatic carbocycles. The molecule has 0 spiro atoms. The van der Waals surface area contributed by atoms with Crippen molar-refractivity contribution < 1.29 is 9.90 Å². The van der Waals surface area contributed by atoms with E-state index in [1.54, 1.807) is 38.1 Å². The monoisotopic (exact) mass is 292 g/mol. The highest BCUT2D eigenvalue weighted by atomic mass is 35.5. The van der Waals surface area contributed by atoms with Gasteiger partial charge < -0.3 is 5.11 Å². The Labute approximate surface area is 120 Å². The van der Waals surface area contributed by atoms with Crippen LogP contribution in [-0.2, 0) is 11.2 Å². The second-order valence-electron chi connectivity index (χ2n) is 4.43. The van der Waals surface area contributed by atoms with E-state index >= 15 is 0 Å². The molecule has 0 saturated heterocycles. The first-order chi connectivity index (χ1) is 9.40. The minimum Gasteiger partial charge on any atom is -0.481 e. The van der Waals surface area contributed by atoms with Gasteiger partial charge in [0.25, 0.3) is 0 Å². The first kappa shape index (κ1) is 14.3. The number of carbonyl (C=O) groups is 1. The minimum absolute atomic E-state index is 0.175. The molecular formula is C14H13ClN2O3. The van der Waals surface area contributed by atoms with Crippen LogP contribution < -0.4 is 5.69 Å². The molecule has 104 valence electrons. The van der Waals surface area contributed by atoms with E-state index in [4.69, 9.17) is 16.7 Å². The van der Waals surface area contributed by atoms with Crippen molar-refractivity contribution in [3.63, 3.8) is 0 Å². The lowest BCUT2D eigenvalue weighted by atomic mass is 10.1. The Balaban J connectivity index is 2.70. The number of halogens is 1. The fourth-order valence-electron chi connectivity index (χ4n) is 2.13. The maximum atomic E-state index is 12.1. The summed E-state index contributed by atoms with van der Waals surface area (Å²) in [5.41, 5.74) is 1.66. The van der Waals surface area contributed by atoms with Crippen LogP contribution in [0.2, 0.25) is 5.02 Å². The summed E-state index contributed by atoms with van der Waals surface area (Å²) in [7, 11) is 0. The molecule has 0 atom stereocenters. The van der Waals surface area contributed by atoms with Crippen LogP contribution in [0.25, 0.3) is 5.69 Å². The standard InChI is InChI=1S/C14H13ClN2O3/c1-8-12(7-13(18)19)9(2)17(14(20)16-8)11-5-3-4-10(15)6-11/h3-6H,7H2,1-2H3,(H,18,19). The van der Waals surface area contributed by atoms with Crippen molar-refractivity contribution in [2.24, 2.45) is 0 Å². The molecule has 0 aliphatic carbocycles. The van der Waals surface area contributed by atoms with Crippen molar-refractivity contribution in [2.75, 3.05) is 0 Å². The van der Waals surface area contributed by atoms with E-state index in [2.05, 4.69) is 4.98 Å². The molecule has 0 aliphatic rings. The normalized spacial score (nSPS) is 10.6. The third-order valence-electron chi connectivity index (χ3n) is 3.06. The number of rotatable bonds is 3. The van der Waals surface area contributed by atoms with Crippen LogP contribution in [0.5, 0.6) is 0 Å². The van der Waals surface area contributed by atoms with Gasteiger partial charge in [-0.05, 0) is 32.0 Å². The Kier molecular flexibility index (Phi) is 3.90. The van der Waals surface area contributed by atoms with Crippen LogP contribution in [0.4, 0.5) is 0 Å². The zero-order valence-corrected chi connectivity index (χ0v) is 11.8. The van der Waals surface area contributed by atoms with Gasteiger partial charge in [0.2, 0.25) is 0 Å². The third kappa shape index (κ3) is 2.72. The maximum Gasteiger partial charge on any atom is 0.352 e. The molecule has 5 nitrogen and oxygen atoms in total. The number of aromatic nitrogens is 2. The van der Waals surface area contributed by atoms with Crippen LogP contribution in [0.3, 0.4) is 0 Å². The molecule has 0 aliphatic heterocycles. The van der Waals surface area contributed by atoms with Gasteiger partial charge in [0.05, 0.1) is 12.1 Å². The fraction of sp³-hybridized carbons (Fsp3) is 0.214. The Morgan fingerprint density at radius 1 is 1.40 bits per heavy atom. The Morgan fingerprint density at radius 3 is 2.70 bits per heavy atom. The van der Waals surface area contributed by atoms with Crippen LogP contribution >= 0.6 is 11.6 Å². The van der Waals surface area contributed by atoms with Crippen LogP contribution in [0.1, 0.15) is 17.0 Å². The van der Waals surface area contributed by atoms with Crippen LogP contribution in [0, 0.1) is 13.8 Å². The van der Waals surface area contributed by atoms with Crippen LogP contribution in [0.15, 0.2) is 29.1 Å². The SMILES string of the molecule is Cc1nc(=O)n(-c2cccc(Cl)c2)c(C)c1CC(=O)O. The molecule has 0 amide bonds. The molecule has 1 heterocycles. The van der Waals surface area contributed by atoms with Crippen LogP contribution in [-0.4, -0.2) is 20.6 Å². The van der Waals surface area contributed by atoms with Gasteiger partial charge in [-0.15, -0.1) is 0 Å². The highest BCUT2D eigenvalue weighted by molar-refractivity contribution is 6.30. The summed E-state index contributed by atoms with van der Waals surface area (Å²) in [5, 5.41) is 9.45. The average Bonchev–Trinajstić information content (AvgIpc) is 2.34. The van der Waals surface area contributed by atoms with E-state index in [0.717, 1.165) is 0 Å².